The van der Waals surface area contributed by atoms with Gasteiger partial charge in [0, 0.05) is 30.0 Å². The van der Waals surface area contributed by atoms with E-state index in [0.717, 1.165) is 30.2 Å². The van der Waals surface area contributed by atoms with Gasteiger partial charge >= 0.3 is 0 Å². The van der Waals surface area contributed by atoms with E-state index in [9.17, 15) is 0 Å². The van der Waals surface area contributed by atoms with E-state index in [-0.39, 0.29) is 0 Å². The van der Waals surface area contributed by atoms with Gasteiger partial charge in [-0.2, -0.15) is 0 Å². The summed E-state index contributed by atoms with van der Waals surface area (Å²) in [5.74, 6) is 0. The third-order valence-electron chi connectivity index (χ3n) is 2.78. The lowest BCUT2D eigenvalue weighted by Gasteiger charge is -2.10. The molecule has 0 saturated carbocycles. The van der Waals surface area contributed by atoms with E-state index in [4.69, 9.17) is 11.6 Å². The Morgan fingerprint density at radius 3 is 2.76 bits per heavy atom. The van der Waals surface area contributed by atoms with E-state index >= 15 is 0 Å². The summed E-state index contributed by atoms with van der Waals surface area (Å²) in [4.78, 5) is 0. The second-order valence-corrected chi connectivity index (χ2v) is 4.41. The van der Waals surface area contributed by atoms with Gasteiger partial charge in [-0.05, 0) is 30.3 Å². The first kappa shape index (κ1) is 12.2. The quantitative estimate of drug-likeness (QED) is 0.859. The second-order valence-electron chi connectivity index (χ2n) is 4.00. The summed E-state index contributed by atoms with van der Waals surface area (Å²) < 4.78 is 2.23. The lowest BCUT2D eigenvalue weighted by atomic mass is 10.2. The molecule has 1 N–H and O–H groups in total. The van der Waals surface area contributed by atoms with Crippen LogP contribution in [0.3, 0.4) is 0 Å². The van der Waals surface area contributed by atoms with Crippen molar-refractivity contribution in [1.82, 2.24) is 9.88 Å². The molecule has 3 heteroatoms. The molecule has 1 aromatic heterocycles. The van der Waals surface area contributed by atoms with E-state index in [2.05, 4.69) is 41.2 Å². The van der Waals surface area contributed by atoms with Gasteiger partial charge in [0.25, 0.3) is 0 Å². The number of rotatable bonds is 5. The summed E-state index contributed by atoms with van der Waals surface area (Å²) in [6.45, 7) is 4.82. The average molecular weight is 249 g/mol. The zero-order chi connectivity index (χ0) is 12.1. The van der Waals surface area contributed by atoms with Crippen LogP contribution in [0, 0.1) is 0 Å². The molecule has 1 heterocycles. The zero-order valence-electron chi connectivity index (χ0n) is 9.99. The SMILES string of the molecule is CCNCc1cccn1Cc1ccccc1Cl. The standard InChI is InChI=1S/C14H17ClN2/c1-2-16-10-13-7-5-9-17(13)11-12-6-3-4-8-14(12)15/h3-9,16H,2,10-11H2,1H3. The lowest BCUT2D eigenvalue weighted by Crippen LogP contribution is -2.15. The summed E-state index contributed by atoms with van der Waals surface area (Å²) in [5, 5.41) is 4.17. The molecular weight excluding hydrogens is 232 g/mol. The summed E-state index contributed by atoms with van der Waals surface area (Å²) >= 11 is 6.17. The molecular formula is C14H17ClN2. The van der Waals surface area contributed by atoms with Crippen molar-refractivity contribution in [3.8, 4) is 0 Å². The first-order valence-electron chi connectivity index (χ1n) is 5.89. The zero-order valence-corrected chi connectivity index (χ0v) is 10.7. The molecule has 0 bridgehead atoms. The maximum atomic E-state index is 6.17. The van der Waals surface area contributed by atoms with Crippen LogP contribution >= 0.6 is 11.6 Å². The highest BCUT2D eigenvalue weighted by atomic mass is 35.5. The van der Waals surface area contributed by atoms with Crippen molar-refractivity contribution in [2.45, 2.75) is 20.0 Å². The fraction of sp³-hybridized carbons (Fsp3) is 0.286. The van der Waals surface area contributed by atoms with Gasteiger partial charge in [0.05, 0.1) is 0 Å². The van der Waals surface area contributed by atoms with Crippen LogP contribution in [0.5, 0.6) is 0 Å². The molecule has 0 unspecified atom stereocenters. The van der Waals surface area contributed by atoms with Crippen LogP contribution in [-0.4, -0.2) is 11.1 Å². The molecule has 2 aromatic rings. The van der Waals surface area contributed by atoms with Gasteiger partial charge in [-0.1, -0.05) is 36.7 Å². The van der Waals surface area contributed by atoms with Crippen LogP contribution in [0.25, 0.3) is 0 Å². The normalized spacial score (nSPS) is 10.7. The van der Waals surface area contributed by atoms with Crippen molar-refractivity contribution in [1.29, 1.82) is 0 Å². The number of nitrogens with zero attached hydrogens (tertiary/aromatic N) is 1. The van der Waals surface area contributed by atoms with Crippen molar-refractivity contribution in [2.24, 2.45) is 0 Å². The van der Waals surface area contributed by atoms with Gasteiger partial charge in [0.1, 0.15) is 0 Å². The fourth-order valence-corrected chi connectivity index (χ4v) is 2.02. The number of halogens is 1. The molecule has 0 aliphatic rings. The minimum absolute atomic E-state index is 0.827. The summed E-state index contributed by atoms with van der Waals surface area (Å²) in [6.07, 6.45) is 2.09. The molecule has 0 atom stereocenters. The molecule has 0 radical (unpaired) electrons. The minimum atomic E-state index is 0.827. The maximum absolute atomic E-state index is 6.17. The van der Waals surface area contributed by atoms with Crippen LogP contribution in [0.4, 0.5) is 0 Å². The number of nitrogens with one attached hydrogen (secondary N) is 1. The molecule has 2 rings (SSSR count). The van der Waals surface area contributed by atoms with Crippen LogP contribution in [0.2, 0.25) is 5.02 Å². The van der Waals surface area contributed by atoms with E-state index in [0.29, 0.717) is 0 Å². The predicted octanol–water partition coefficient (Wildman–Crippen LogP) is 3.30. The Kier molecular flexibility index (Phi) is 4.24. The molecule has 0 saturated heterocycles. The number of aromatic nitrogens is 1. The first-order chi connectivity index (χ1) is 8.31. The number of hydrogen-bond donors (Lipinski definition) is 1. The third-order valence-corrected chi connectivity index (χ3v) is 3.15. The largest absolute Gasteiger partial charge is 0.346 e. The topological polar surface area (TPSA) is 17.0 Å². The smallest absolute Gasteiger partial charge is 0.0488 e. The Bertz CT molecular complexity index is 477. The van der Waals surface area contributed by atoms with Gasteiger partial charge < -0.3 is 9.88 Å². The highest BCUT2D eigenvalue weighted by Crippen LogP contribution is 2.17. The van der Waals surface area contributed by atoms with E-state index in [1.165, 1.54) is 5.69 Å². The highest BCUT2D eigenvalue weighted by molar-refractivity contribution is 6.31. The number of benzene rings is 1. The average Bonchev–Trinajstić information content (AvgIpc) is 2.77. The molecule has 0 fully saturated rings. The first-order valence-corrected chi connectivity index (χ1v) is 6.27. The van der Waals surface area contributed by atoms with Gasteiger partial charge in [-0.25, -0.2) is 0 Å². The van der Waals surface area contributed by atoms with Crippen molar-refractivity contribution in [3.63, 3.8) is 0 Å². The summed E-state index contributed by atoms with van der Waals surface area (Å²) in [5.41, 5.74) is 2.44. The van der Waals surface area contributed by atoms with Gasteiger partial charge in [-0.3, -0.25) is 0 Å². The molecule has 0 aliphatic heterocycles. The van der Waals surface area contributed by atoms with Crippen LogP contribution in [0.1, 0.15) is 18.2 Å². The van der Waals surface area contributed by atoms with Crippen molar-refractivity contribution in [3.05, 3.63) is 58.9 Å². The molecule has 1 aromatic carbocycles. The molecule has 0 aliphatic carbocycles. The van der Waals surface area contributed by atoms with Gasteiger partial charge in [-0.15, -0.1) is 0 Å². The molecule has 2 nitrogen and oxygen atoms in total. The Balaban J connectivity index is 2.13. The fourth-order valence-electron chi connectivity index (χ4n) is 1.83. The molecule has 0 spiro atoms. The van der Waals surface area contributed by atoms with Crippen LogP contribution < -0.4 is 5.32 Å². The lowest BCUT2D eigenvalue weighted by molar-refractivity contribution is 0.657. The second kappa shape index (κ2) is 5.89. The predicted molar refractivity (Wildman–Crippen MR) is 72.4 cm³/mol. The molecule has 0 amide bonds. The Hall–Kier alpha value is -1.25. The molecule has 17 heavy (non-hydrogen) atoms. The van der Waals surface area contributed by atoms with Crippen LogP contribution in [-0.2, 0) is 13.1 Å². The van der Waals surface area contributed by atoms with E-state index in [1.807, 2.05) is 18.2 Å². The van der Waals surface area contributed by atoms with Crippen molar-refractivity contribution < 1.29 is 0 Å². The third kappa shape index (κ3) is 3.11. The Morgan fingerprint density at radius 1 is 1.18 bits per heavy atom. The number of hydrogen-bond acceptors (Lipinski definition) is 1. The van der Waals surface area contributed by atoms with Crippen molar-refractivity contribution >= 4 is 11.6 Å². The Morgan fingerprint density at radius 2 is 2.00 bits per heavy atom. The minimum Gasteiger partial charge on any atom is -0.346 e. The van der Waals surface area contributed by atoms with Gasteiger partial charge in [0.2, 0.25) is 0 Å². The van der Waals surface area contributed by atoms with E-state index in [1.54, 1.807) is 0 Å². The van der Waals surface area contributed by atoms with Gasteiger partial charge in [0.15, 0.2) is 0 Å². The molecule has 90 valence electrons. The monoisotopic (exact) mass is 248 g/mol. The maximum Gasteiger partial charge on any atom is 0.0488 e. The van der Waals surface area contributed by atoms with Crippen molar-refractivity contribution in [2.75, 3.05) is 6.54 Å². The van der Waals surface area contributed by atoms with E-state index < -0.39 is 0 Å². The highest BCUT2D eigenvalue weighted by Gasteiger charge is 2.03. The Labute approximate surface area is 107 Å². The summed E-state index contributed by atoms with van der Waals surface area (Å²) in [7, 11) is 0. The summed E-state index contributed by atoms with van der Waals surface area (Å²) in [6, 6.07) is 12.2. The van der Waals surface area contributed by atoms with Crippen LogP contribution in [0.15, 0.2) is 42.6 Å².